The van der Waals surface area contributed by atoms with Gasteiger partial charge in [0.05, 0.1) is 33.4 Å². The van der Waals surface area contributed by atoms with E-state index in [1.807, 2.05) is 63.2 Å². The number of hydrogen-bond acceptors (Lipinski definition) is 5. The van der Waals surface area contributed by atoms with Gasteiger partial charge in [-0.2, -0.15) is 0 Å². The number of halogens is 1. The van der Waals surface area contributed by atoms with Gasteiger partial charge in [-0.3, -0.25) is 4.79 Å². The average molecular weight is 568 g/mol. The molecule has 2 aromatic carbocycles. The van der Waals surface area contributed by atoms with Crippen LogP contribution in [0.1, 0.15) is 32.8 Å². The Labute approximate surface area is 212 Å². The Balaban J connectivity index is 0.00000385. The highest BCUT2D eigenvalue weighted by Crippen LogP contribution is 2.32. The zero-order valence-electron chi connectivity index (χ0n) is 19.6. The van der Waals surface area contributed by atoms with Crippen LogP contribution >= 0.6 is 24.0 Å². The summed E-state index contributed by atoms with van der Waals surface area (Å²) in [6, 6.07) is 13.4. The van der Waals surface area contributed by atoms with Gasteiger partial charge in [0.1, 0.15) is 5.75 Å². The fraction of sp³-hybridized carbons (Fsp3) is 0.417. The van der Waals surface area contributed by atoms with E-state index in [2.05, 4.69) is 20.9 Å². The highest BCUT2D eigenvalue weighted by Gasteiger charge is 2.15. The van der Waals surface area contributed by atoms with Crippen LogP contribution in [0.4, 0.5) is 5.69 Å². The lowest BCUT2D eigenvalue weighted by molar-refractivity contribution is -0.121. The van der Waals surface area contributed by atoms with Crippen LogP contribution in [-0.4, -0.2) is 44.3 Å². The van der Waals surface area contributed by atoms with Gasteiger partial charge >= 0.3 is 0 Å². The summed E-state index contributed by atoms with van der Waals surface area (Å²) in [5.74, 6) is 2.54. The van der Waals surface area contributed by atoms with E-state index < -0.39 is 0 Å². The maximum atomic E-state index is 12.3. The van der Waals surface area contributed by atoms with Crippen LogP contribution < -0.4 is 30.2 Å². The lowest BCUT2D eigenvalue weighted by Gasteiger charge is -2.21. The van der Waals surface area contributed by atoms with E-state index in [1.165, 1.54) is 0 Å². The molecule has 1 heterocycles. The van der Waals surface area contributed by atoms with Crippen LogP contribution in [0.2, 0.25) is 0 Å². The Hall–Kier alpha value is -2.69. The lowest BCUT2D eigenvalue weighted by atomic mass is 10.1. The lowest BCUT2D eigenvalue weighted by Crippen LogP contribution is -2.46. The third kappa shape index (κ3) is 8.99. The normalized spacial score (nSPS) is 13.3. The molecule has 9 heteroatoms. The van der Waals surface area contributed by atoms with Crippen LogP contribution in [-0.2, 0) is 11.3 Å². The molecule has 0 aliphatic carbocycles. The summed E-state index contributed by atoms with van der Waals surface area (Å²) >= 11 is 0. The summed E-state index contributed by atoms with van der Waals surface area (Å²) < 4.78 is 16.8. The van der Waals surface area contributed by atoms with Gasteiger partial charge in [-0.05, 0) is 50.6 Å². The first-order valence-corrected chi connectivity index (χ1v) is 10.7. The number of fused-ring (bicyclic) bond motifs is 1. The molecule has 1 aliphatic rings. The van der Waals surface area contributed by atoms with Crippen molar-refractivity contribution in [2.45, 2.75) is 39.3 Å². The summed E-state index contributed by atoms with van der Waals surface area (Å²) in [4.78, 5) is 16.9. The predicted octanol–water partition coefficient (Wildman–Crippen LogP) is 3.95. The van der Waals surface area contributed by atoms with Crippen LogP contribution in [0.3, 0.4) is 0 Å². The number of nitrogens with zero attached hydrogens (tertiary/aromatic N) is 1. The minimum Gasteiger partial charge on any atom is -0.497 e. The fourth-order valence-corrected chi connectivity index (χ4v) is 3.08. The molecule has 3 N–H and O–H groups in total. The number of nitrogens with one attached hydrogen (secondary N) is 3. The number of hydrogen-bond donors (Lipinski definition) is 3. The quantitative estimate of drug-likeness (QED) is 0.278. The molecule has 3 rings (SSSR count). The van der Waals surface area contributed by atoms with Gasteiger partial charge < -0.3 is 30.2 Å². The molecular weight excluding hydrogens is 535 g/mol. The molecule has 8 nitrogen and oxygen atoms in total. The van der Waals surface area contributed by atoms with Crippen LogP contribution in [0.25, 0.3) is 0 Å². The van der Waals surface area contributed by atoms with Crippen molar-refractivity contribution in [3.63, 3.8) is 0 Å². The summed E-state index contributed by atoms with van der Waals surface area (Å²) in [5, 5.41) is 9.30. The maximum absolute atomic E-state index is 12.3. The second kappa shape index (κ2) is 12.5. The van der Waals surface area contributed by atoms with Gasteiger partial charge in [0, 0.05) is 23.7 Å². The standard InChI is InChI=1S/C24H32N4O4.HI/c1-24(2,3)28-22(29)16-26-23(25-15-17-7-5-8-19(13-17)30-4)27-18-9-10-20-21(14-18)32-12-6-11-31-20;/h5,7-10,13-14H,6,11-12,15-16H2,1-4H3,(H,28,29)(H2,25,26,27);1H. The van der Waals surface area contributed by atoms with Gasteiger partial charge in [0.15, 0.2) is 17.5 Å². The van der Waals surface area contributed by atoms with Gasteiger partial charge in [0.25, 0.3) is 0 Å². The van der Waals surface area contributed by atoms with E-state index in [1.54, 1.807) is 7.11 Å². The number of amides is 1. The SMILES string of the molecule is COc1cccc(CN=C(NCC(=O)NC(C)(C)C)Nc2ccc3c(c2)OCCCO3)c1.I. The molecule has 0 bridgehead atoms. The molecule has 0 fully saturated rings. The number of aliphatic imine (C=N–C) groups is 1. The first kappa shape index (κ1) is 26.6. The van der Waals surface area contributed by atoms with Crippen molar-refractivity contribution in [1.29, 1.82) is 0 Å². The van der Waals surface area contributed by atoms with Crippen LogP contribution in [0.5, 0.6) is 17.2 Å². The minimum absolute atomic E-state index is 0. The second-order valence-corrected chi connectivity index (χ2v) is 8.51. The molecule has 0 unspecified atom stereocenters. The van der Waals surface area contributed by atoms with Gasteiger partial charge in [-0.1, -0.05) is 12.1 Å². The zero-order chi connectivity index (χ0) is 23.0. The van der Waals surface area contributed by atoms with E-state index in [9.17, 15) is 4.79 Å². The molecule has 180 valence electrons. The van der Waals surface area contributed by atoms with E-state index in [4.69, 9.17) is 14.2 Å². The Morgan fingerprint density at radius 1 is 1.09 bits per heavy atom. The van der Waals surface area contributed by atoms with Crippen LogP contribution in [0, 0.1) is 0 Å². The Morgan fingerprint density at radius 2 is 1.85 bits per heavy atom. The van der Waals surface area contributed by atoms with Crippen molar-refractivity contribution in [2.75, 3.05) is 32.2 Å². The van der Waals surface area contributed by atoms with E-state index in [-0.39, 0.29) is 42.0 Å². The average Bonchev–Trinajstić information content (AvgIpc) is 2.99. The first-order valence-electron chi connectivity index (χ1n) is 10.7. The number of methoxy groups -OCH3 is 1. The fourth-order valence-electron chi connectivity index (χ4n) is 3.08. The van der Waals surface area contributed by atoms with Crippen molar-refractivity contribution < 1.29 is 19.0 Å². The van der Waals surface area contributed by atoms with Crippen molar-refractivity contribution in [3.05, 3.63) is 48.0 Å². The molecule has 0 saturated carbocycles. The summed E-state index contributed by atoms with van der Waals surface area (Å²) in [6.45, 7) is 7.58. The number of anilines is 1. The number of carbonyl (C=O) groups is 1. The van der Waals surface area contributed by atoms with E-state index in [0.717, 1.165) is 29.2 Å². The number of guanidine groups is 1. The Bertz CT molecular complexity index is 960. The zero-order valence-corrected chi connectivity index (χ0v) is 21.9. The highest BCUT2D eigenvalue weighted by molar-refractivity contribution is 14.0. The van der Waals surface area contributed by atoms with E-state index in [0.29, 0.717) is 31.5 Å². The Morgan fingerprint density at radius 3 is 2.58 bits per heavy atom. The smallest absolute Gasteiger partial charge is 0.239 e. The largest absolute Gasteiger partial charge is 0.497 e. The van der Waals surface area contributed by atoms with Gasteiger partial charge in [-0.15, -0.1) is 24.0 Å². The highest BCUT2D eigenvalue weighted by atomic mass is 127. The molecule has 0 aromatic heterocycles. The maximum Gasteiger partial charge on any atom is 0.239 e. The number of carbonyl (C=O) groups excluding carboxylic acids is 1. The van der Waals surface area contributed by atoms with Crippen molar-refractivity contribution in [3.8, 4) is 17.2 Å². The molecule has 1 amide bonds. The molecule has 33 heavy (non-hydrogen) atoms. The predicted molar refractivity (Wildman–Crippen MR) is 141 cm³/mol. The minimum atomic E-state index is -0.307. The third-order valence-corrected chi connectivity index (χ3v) is 4.49. The summed E-state index contributed by atoms with van der Waals surface area (Å²) in [5.41, 5.74) is 1.46. The number of ether oxygens (including phenoxy) is 3. The van der Waals surface area contributed by atoms with E-state index >= 15 is 0 Å². The monoisotopic (exact) mass is 568 g/mol. The Kier molecular flexibility index (Phi) is 10.1. The molecule has 1 aliphatic heterocycles. The molecule has 0 spiro atoms. The number of rotatable bonds is 6. The van der Waals surface area contributed by atoms with Gasteiger partial charge in [0.2, 0.25) is 5.91 Å². The molecular formula is C24H33IN4O4. The van der Waals surface area contributed by atoms with Crippen molar-refractivity contribution in [2.24, 2.45) is 4.99 Å². The number of benzene rings is 2. The molecule has 0 atom stereocenters. The molecule has 0 radical (unpaired) electrons. The summed E-state index contributed by atoms with van der Waals surface area (Å²) in [6.07, 6.45) is 0.842. The van der Waals surface area contributed by atoms with Crippen molar-refractivity contribution in [1.82, 2.24) is 10.6 Å². The summed E-state index contributed by atoms with van der Waals surface area (Å²) in [7, 11) is 1.63. The van der Waals surface area contributed by atoms with Crippen LogP contribution in [0.15, 0.2) is 47.5 Å². The second-order valence-electron chi connectivity index (χ2n) is 8.51. The molecule has 2 aromatic rings. The molecule has 0 saturated heterocycles. The van der Waals surface area contributed by atoms with Gasteiger partial charge in [-0.25, -0.2) is 4.99 Å². The first-order chi connectivity index (χ1) is 15.3. The third-order valence-electron chi connectivity index (χ3n) is 4.49. The topological polar surface area (TPSA) is 93.2 Å². The van der Waals surface area contributed by atoms with Crippen molar-refractivity contribution >= 4 is 41.5 Å².